The monoisotopic (exact) mass is 257 g/mol. The third-order valence-corrected chi connectivity index (χ3v) is 2.91. The van der Waals surface area contributed by atoms with Crippen LogP contribution in [0.5, 0.6) is 5.75 Å². The molecule has 1 unspecified atom stereocenters. The van der Waals surface area contributed by atoms with Gasteiger partial charge in [-0.05, 0) is 30.3 Å². The lowest BCUT2D eigenvalue weighted by atomic mass is 10.1. The van der Waals surface area contributed by atoms with Crippen molar-refractivity contribution in [1.29, 1.82) is 0 Å². The van der Waals surface area contributed by atoms with Crippen LogP contribution in [0.1, 0.15) is 17.2 Å². The van der Waals surface area contributed by atoms with Crippen molar-refractivity contribution in [3.8, 4) is 5.75 Å². The van der Waals surface area contributed by atoms with Crippen molar-refractivity contribution in [3.05, 3.63) is 65.7 Å². The maximum Gasteiger partial charge on any atom is 0.119 e. The summed E-state index contributed by atoms with van der Waals surface area (Å²) in [5.74, 6) is 0.810. The molecule has 2 rings (SSSR count). The summed E-state index contributed by atoms with van der Waals surface area (Å²) in [6.45, 7) is 1.10. The van der Waals surface area contributed by atoms with E-state index in [2.05, 4.69) is 5.32 Å². The van der Waals surface area contributed by atoms with E-state index >= 15 is 0 Å². The van der Waals surface area contributed by atoms with Crippen molar-refractivity contribution in [1.82, 2.24) is 5.32 Å². The van der Waals surface area contributed by atoms with Gasteiger partial charge in [0, 0.05) is 6.54 Å². The highest BCUT2D eigenvalue weighted by atomic mass is 16.5. The number of rotatable bonds is 6. The maximum absolute atomic E-state index is 9.82. The first kappa shape index (κ1) is 13.6. The molecule has 0 fully saturated rings. The molecule has 0 bridgehead atoms. The highest BCUT2D eigenvalue weighted by molar-refractivity contribution is 5.29. The van der Waals surface area contributed by atoms with Gasteiger partial charge in [0.25, 0.3) is 0 Å². The van der Waals surface area contributed by atoms with E-state index in [1.54, 1.807) is 0 Å². The van der Waals surface area contributed by atoms with Crippen molar-refractivity contribution >= 4 is 0 Å². The van der Waals surface area contributed by atoms with Crippen molar-refractivity contribution in [2.45, 2.75) is 12.7 Å². The minimum atomic E-state index is -0.479. The van der Waals surface area contributed by atoms with Gasteiger partial charge in [0.1, 0.15) is 12.4 Å². The summed E-state index contributed by atoms with van der Waals surface area (Å²) in [4.78, 5) is 0. The van der Waals surface area contributed by atoms with Crippen molar-refractivity contribution in [2.75, 3.05) is 13.6 Å². The number of benzene rings is 2. The largest absolute Gasteiger partial charge is 0.489 e. The van der Waals surface area contributed by atoms with E-state index in [0.29, 0.717) is 13.2 Å². The van der Waals surface area contributed by atoms with Crippen molar-refractivity contribution < 1.29 is 9.84 Å². The minimum absolute atomic E-state index is 0.479. The van der Waals surface area contributed by atoms with Gasteiger partial charge in [0.15, 0.2) is 0 Å². The summed E-state index contributed by atoms with van der Waals surface area (Å²) in [7, 11) is 1.82. The van der Waals surface area contributed by atoms with E-state index < -0.39 is 6.10 Å². The molecule has 3 heteroatoms. The maximum atomic E-state index is 9.82. The zero-order valence-corrected chi connectivity index (χ0v) is 11.0. The first-order valence-electron chi connectivity index (χ1n) is 6.39. The van der Waals surface area contributed by atoms with Gasteiger partial charge < -0.3 is 15.2 Å². The zero-order chi connectivity index (χ0) is 13.5. The number of hydrogen-bond donors (Lipinski definition) is 2. The lowest BCUT2D eigenvalue weighted by molar-refractivity contribution is 0.177. The normalized spacial score (nSPS) is 12.1. The Kier molecular flexibility index (Phi) is 4.95. The predicted octanol–water partition coefficient (Wildman–Crippen LogP) is 2.52. The molecule has 1 atom stereocenters. The average molecular weight is 257 g/mol. The van der Waals surface area contributed by atoms with Gasteiger partial charge in [-0.15, -0.1) is 0 Å². The van der Waals surface area contributed by atoms with Crippen LogP contribution in [0.4, 0.5) is 0 Å². The highest BCUT2D eigenvalue weighted by Crippen LogP contribution is 2.18. The van der Waals surface area contributed by atoms with Gasteiger partial charge in [-0.1, -0.05) is 42.5 Å². The summed E-state index contributed by atoms with van der Waals surface area (Å²) in [5.41, 5.74) is 2.03. The highest BCUT2D eigenvalue weighted by Gasteiger charge is 2.05. The van der Waals surface area contributed by atoms with Crippen LogP contribution >= 0.6 is 0 Å². The van der Waals surface area contributed by atoms with Crippen LogP contribution in [0.3, 0.4) is 0 Å². The van der Waals surface area contributed by atoms with Gasteiger partial charge >= 0.3 is 0 Å². The quantitative estimate of drug-likeness (QED) is 0.835. The summed E-state index contributed by atoms with van der Waals surface area (Å²) in [6.07, 6.45) is -0.479. The summed E-state index contributed by atoms with van der Waals surface area (Å²) in [6, 6.07) is 17.6. The molecule has 0 aliphatic heterocycles. The molecule has 100 valence electrons. The lowest BCUT2D eigenvalue weighted by Crippen LogP contribution is -2.16. The number of ether oxygens (including phenoxy) is 1. The Bertz CT molecular complexity index is 482. The van der Waals surface area contributed by atoms with E-state index in [-0.39, 0.29) is 0 Å². The molecule has 2 aromatic carbocycles. The number of aliphatic hydroxyl groups is 1. The second-order valence-corrected chi connectivity index (χ2v) is 4.42. The number of aliphatic hydroxyl groups excluding tert-OH is 1. The molecule has 0 aliphatic carbocycles. The van der Waals surface area contributed by atoms with Crippen LogP contribution < -0.4 is 10.1 Å². The average Bonchev–Trinajstić information content (AvgIpc) is 2.47. The molecule has 3 nitrogen and oxygen atoms in total. The third kappa shape index (κ3) is 4.09. The van der Waals surface area contributed by atoms with E-state index in [9.17, 15) is 5.11 Å². The first-order valence-corrected chi connectivity index (χ1v) is 6.39. The Labute approximate surface area is 113 Å². The van der Waals surface area contributed by atoms with Crippen LogP contribution in [0.2, 0.25) is 0 Å². The fourth-order valence-electron chi connectivity index (χ4n) is 1.84. The first-order chi connectivity index (χ1) is 9.29. The van der Waals surface area contributed by atoms with Crippen LogP contribution in [0.25, 0.3) is 0 Å². The SMILES string of the molecule is CNCC(O)c1ccc(OCc2ccccc2)cc1. The molecule has 19 heavy (non-hydrogen) atoms. The van der Waals surface area contributed by atoms with Gasteiger partial charge in [-0.2, -0.15) is 0 Å². The molecule has 0 saturated heterocycles. The predicted molar refractivity (Wildman–Crippen MR) is 76.1 cm³/mol. The van der Waals surface area contributed by atoms with E-state index in [0.717, 1.165) is 16.9 Å². The molecule has 2 aromatic rings. The standard InChI is InChI=1S/C16H19NO2/c1-17-11-16(18)14-7-9-15(10-8-14)19-12-13-5-3-2-4-6-13/h2-10,16-18H,11-12H2,1H3. The van der Waals surface area contributed by atoms with Gasteiger partial charge in [-0.3, -0.25) is 0 Å². The van der Waals surface area contributed by atoms with Crippen LogP contribution in [-0.4, -0.2) is 18.7 Å². The Balaban J connectivity index is 1.92. The molecular formula is C16H19NO2. The third-order valence-electron chi connectivity index (χ3n) is 2.91. The molecule has 0 saturated carbocycles. The summed E-state index contributed by atoms with van der Waals surface area (Å²) < 4.78 is 5.69. The molecule has 0 heterocycles. The summed E-state index contributed by atoms with van der Waals surface area (Å²) >= 11 is 0. The second-order valence-electron chi connectivity index (χ2n) is 4.42. The van der Waals surface area contributed by atoms with Crippen molar-refractivity contribution in [2.24, 2.45) is 0 Å². The van der Waals surface area contributed by atoms with Crippen molar-refractivity contribution in [3.63, 3.8) is 0 Å². The summed E-state index contributed by atoms with van der Waals surface area (Å²) in [5, 5.41) is 12.8. The number of nitrogens with one attached hydrogen (secondary N) is 1. The van der Waals surface area contributed by atoms with Crippen LogP contribution in [0, 0.1) is 0 Å². The lowest BCUT2D eigenvalue weighted by Gasteiger charge is -2.11. The van der Waals surface area contributed by atoms with E-state index in [1.807, 2.05) is 61.6 Å². The van der Waals surface area contributed by atoms with E-state index in [4.69, 9.17) is 4.74 Å². The smallest absolute Gasteiger partial charge is 0.119 e. The number of likely N-dealkylation sites (N-methyl/N-ethyl adjacent to an activating group) is 1. The minimum Gasteiger partial charge on any atom is -0.489 e. The molecular weight excluding hydrogens is 238 g/mol. The molecule has 0 radical (unpaired) electrons. The molecule has 0 aliphatic rings. The second kappa shape index (κ2) is 6.92. The Morgan fingerprint density at radius 2 is 1.74 bits per heavy atom. The Morgan fingerprint density at radius 3 is 2.37 bits per heavy atom. The molecule has 0 amide bonds. The number of hydrogen-bond acceptors (Lipinski definition) is 3. The fraction of sp³-hybridized carbons (Fsp3) is 0.250. The van der Waals surface area contributed by atoms with Crippen LogP contribution in [-0.2, 0) is 6.61 Å². The van der Waals surface area contributed by atoms with Gasteiger partial charge in [-0.25, -0.2) is 0 Å². The zero-order valence-electron chi connectivity index (χ0n) is 11.0. The fourth-order valence-corrected chi connectivity index (χ4v) is 1.84. The molecule has 0 aromatic heterocycles. The van der Waals surface area contributed by atoms with Crippen LogP contribution in [0.15, 0.2) is 54.6 Å². The van der Waals surface area contributed by atoms with Gasteiger partial charge in [0.05, 0.1) is 6.10 Å². The Hall–Kier alpha value is -1.84. The van der Waals surface area contributed by atoms with E-state index in [1.165, 1.54) is 0 Å². The molecule has 0 spiro atoms. The van der Waals surface area contributed by atoms with Gasteiger partial charge in [0.2, 0.25) is 0 Å². The topological polar surface area (TPSA) is 41.5 Å². The molecule has 2 N–H and O–H groups in total. The Morgan fingerprint density at radius 1 is 1.05 bits per heavy atom.